The van der Waals surface area contributed by atoms with Crippen molar-refractivity contribution in [3.05, 3.63) is 41.6 Å². The molecule has 2 aromatic rings. The van der Waals surface area contributed by atoms with Crippen LogP contribution in [0.1, 0.15) is 17.7 Å². The maximum atomic E-state index is 4.57. The van der Waals surface area contributed by atoms with Gasteiger partial charge in [0, 0.05) is 17.6 Å². The molecule has 1 aromatic heterocycles. The molecule has 0 spiro atoms. The van der Waals surface area contributed by atoms with Crippen LogP contribution in [-0.4, -0.2) is 37.1 Å². The number of hydrogen-bond donors (Lipinski definition) is 1. The Kier molecular flexibility index (Phi) is 4.88. The van der Waals surface area contributed by atoms with Crippen LogP contribution in [0.3, 0.4) is 0 Å². The van der Waals surface area contributed by atoms with Gasteiger partial charge in [-0.05, 0) is 58.2 Å². The van der Waals surface area contributed by atoms with Gasteiger partial charge in [-0.25, -0.2) is 0 Å². The lowest BCUT2D eigenvalue weighted by atomic mass is 10.1. The third kappa shape index (κ3) is 4.01. The Morgan fingerprint density at radius 1 is 1.21 bits per heavy atom. The quantitative estimate of drug-likeness (QED) is 0.806. The van der Waals surface area contributed by atoms with E-state index in [2.05, 4.69) is 60.5 Å². The molecule has 0 fully saturated rings. The summed E-state index contributed by atoms with van der Waals surface area (Å²) in [5, 5.41) is 4.78. The Hall–Kier alpha value is -1.45. The molecule has 0 atom stereocenters. The lowest BCUT2D eigenvalue weighted by Gasteiger charge is -2.11. The number of hydrogen-bond acceptors (Lipinski definition) is 3. The Bertz CT molecular complexity index is 535. The number of rotatable bonds is 6. The predicted molar refractivity (Wildman–Crippen MR) is 81.4 cm³/mol. The summed E-state index contributed by atoms with van der Waals surface area (Å²) >= 11 is 0. The second-order valence-electron chi connectivity index (χ2n) is 5.27. The fraction of sp³-hybridized carbons (Fsp3) is 0.438. The van der Waals surface area contributed by atoms with Gasteiger partial charge in [-0.2, -0.15) is 0 Å². The zero-order valence-corrected chi connectivity index (χ0v) is 12.1. The molecule has 0 aliphatic heterocycles. The van der Waals surface area contributed by atoms with Crippen LogP contribution in [0.4, 0.5) is 0 Å². The lowest BCUT2D eigenvalue weighted by Crippen LogP contribution is -2.21. The van der Waals surface area contributed by atoms with Crippen LogP contribution >= 0.6 is 0 Å². The van der Waals surface area contributed by atoms with E-state index < -0.39 is 0 Å². The molecule has 1 heterocycles. The second-order valence-corrected chi connectivity index (χ2v) is 5.27. The van der Waals surface area contributed by atoms with Crippen molar-refractivity contribution in [3.8, 4) is 0 Å². The summed E-state index contributed by atoms with van der Waals surface area (Å²) < 4.78 is 0. The van der Waals surface area contributed by atoms with E-state index in [-0.39, 0.29) is 0 Å². The molecular formula is C16H23N3. The number of nitrogens with zero attached hydrogens (tertiary/aromatic N) is 2. The van der Waals surface area contributed by atoms with Crippen molar-refractivity contribution >= 4 is 10.9 Å². The molecule has 0 unspecified atom stereocenters. The molecule has 1 N–H and O–H groups in total. The van der Waals surface area contributed by atoms with Gasteiger partial charge >= 0.3 is 0 Å². The highest BCUT2D eigenvalue weighted by Gasteiger charge is 2.03. The first-order valence-electron chi connectivity index (χ1n) is 6.87. The molecule has 0 saturated heterocycles. The summed E-state index contributed by atoms with van der Waals surface area (Å²) in [6, 6.07) is 10.5. The van der Waals surface area contributed by atoms with E-state index in [1.54, 1.807) is 0 Å². The zero-order chi connectivity index (χ0) is 13.7. The standard InChI is InChI=1S/C16H23N3/c1-13-11-14(12-17-9-6-10-19(2)3)15-7-4-5-8-16(15)18-13/h4-5,7-8,11,17H,6,9-10,12H2,1-3H3. The third-order valence-electron chi connectivity index (χ3n) is 3.20. The first-order chi connectivity index (χ1) is 9.16. The molecule has 102 valence electrons. The molecule has 0 aliphatic carbocycles. The highest BCUT2D eigenvalue weighted by Crippen LogP contribution is 2.17. The van der Waals surface area contributed by atoms with Gasteiger partial charge in [0.2, 0.25) is 0 Å². The van der Waals surface area contributed by atoms with Crippen LogP contribution in [0.5, 0.6) is 0 Å². The van der Waals surface area contributed by atoms with Gasteiger partial charge in [-0.15, -0.1) is 0 Å². The van der Waals surface area contributed by atoms with E-state index in [0.717, 1.165) is 30.8 Å². The minimum atomic E-state index is 0.914. The maximum absolute atomic E-state index is 4.57. The molecule has 0 amide bonds. The molecule has 0 bridgehead atoms. The van der Waals surface area contributed by atoms with E-state index in [9.17, 15) is 0 Å². The summed E-state index contributed by atoms with van der Waals surface area (Å²) in [6.07, 6.45) is 1.18. The van der Waals surface area contributed by atoms with Crippen molar-refractivity contribution in [2.45, 2.75) is 19.9 Å². The van der Waals surface area contributed by atoms with Crippen LogP contribution in [-0.2, 0) is 6.54 Å². The Morgan fingerprint density at radius 2 is 2.00 bits per heavy atom. The van der Waals surface area contributed by atoms with Gasteiger partial charge in [-0.3, -0.25) is 4.98 Å². The number of benzene rings is 1. The van der Waals surface area contributed by atoms with Crippen LogP contribution in [0.25, 0.3) is 10.9 Å². The number of aryl methyl sites for hydroxylation is 1. The van der Waals surface area contributed by atoms with Crippen molar-refractivity contribution in [1.82, 2.24) is 15.2 Å². The number of para-hydroxylation sites is 1. The van der Waals surface area contributed by atoms with Crippen molar-refractivity contribution in [2.75, 3.05) is 27.2 Å². The summed E-state index contributed by atoms with van der Waals surface area (Å²) in [6.45, 7) is 5.15. The van der Waals surface area contributed by atoms with E-state index in [1.807, 2.05) is 6.07 Å². The average Bonchev–Trinajstić information content (AvgIpc) is 2.37. The van der Waals surface area contributed by atoms with Crippen molar-refractivity contribution in [3.63, 3.8) is 0 Å². The first-order valence-corrected chi connectivity index (χ1v) is 6.87. The summed E-state index contributed by atoms with van der Waals surface area (Å²) in [5.41, 5.74) is 3.52. The number of fused-ring (bicyclic) bond motifs is 1. The fourth-order valence-electron chi connectivity index (χ4n) is 2.28. The van der Waals surface area contributed by atoms with Crippen LogP contribution < -0.4 is 5.32 Å². The van der Waals surface area contributed by atoms with E-state index >= 15 is 0 Å². The van der Waals surface area contributed by atoms with Crippen molar-refractivity contribution in [2.24, 2.45) is 0 Å². The molecule has 0 radical (unpaired) electrons. The lowest BCUT2D eigenvalue weighted by molar-refractivity contribution is 0.394. The van der Waals surface area contributed by atoms with E-state index in [4.69, 9.17) is 0 Å². The van der Waals surface area contributed by atoms with Crippen molar-refractivity contribution in [1.29, 1.82) is 0 Å². The molecular weight excluding hydrogens is 234 g/mol. The molecule has 1 aromatic carbocycles. The van der Waals surface area contributed by atoms with Crippen LogP contribution in [0.15, 0.2) is 30.3 Å². The predicted octanol–water partition coefficient (Wildman–Crippen LogP) is 2.58. The largest absolute Gasteiger partial charge is 0.313 e. The average molecular weight is 257 g/mol. The monoisotopic (exact) mass is 257 g/mol. The molecule has 0 aliphatic rings. The topological polar surface area (TPSA) is 28.2 Å². The van der Waals surface area contributed by atoms with Gasteiger partial charge in [0.25, 0.3) is 0 Å². The second kappa shape index (κ2) is 6.64. The third-order valence-corrected chi connectivity index (χ3v) is 3.20. The normalized spacial score (nSPS) is 11.4. The highest BCUT2D eigenvalue weighted by molar-refractivity contribution is 5.82. The van der Waals surface area contributed by atoms with Crippen molar-refractivity contribution < 1.29 is 0 Å². The van der Waals surface area contributed by atoms with Gasteiger partial charge in [0.05, 0.1) is 5.52 Å². The minimum absolute atomic E-state index is 0.914. The number of pyridine rings is 1. The zero-order valence-electron chi connectivity index (χ0n) is 12.1. The molecule has 19 heavy (non-hydrogen) atoms. The summed E-state index contributed by atoms with van der Waals surface area (Å²) in [4.78, 5) is 6.79. The van der Waals surface area contributed by atoms with Gasteiger partial charge in [0.1, 0.15) is 0 Å². The first kappa shape index (κ1) is 14.0. The molecule has 0 saturated carbocycles. The Balaban J connectivity index is 2.00. The summed E-state index contributed by atoms with van der Waals surface area (Å²) in [5.74, 6) is 0. The maximum Gasteiger partial charge on any atom is 0.0708 e. The van der Waals surface area contributed by atoms with E-state index in [0.29, 0.717) is 0 Å². The van der Waals surface area contributed by atoms with Gasteiger partial charge < -0.3 is 10.2 Å². The summed E-state index contributed by atoms with van der Waals surface area (Å²) in [7, 11) is 4.22. The minimum Gasteiger partial charge on any atom is -0.313 e. The Labute approximate surface area is 115 Å². The highest BCUT2D eigenvalue weighted by atomic mass is 15.0. The number of aromatic nitrogens is 1. The van der Waals surface area contributed by atoms with E-state index in [1.165, 1.54) is 17.4 Å². The molecule has 3 heteroatoms. The van der Waals surface area contributed by atoms with Crippen LogP contribution in [0.2, 0.25) is 0 Å². The smallest absolute Gasteiger partial charge is 0.0708 e. The fourth-order valence-corrected chi connectivity index (χ4v) is 2.28. The van der Waals surface area contributed by atoms with Gasteiger partial charge in [0.15, 0.2) is 0 Å². The SMILES string of the molecule is Cc1cc(CNCCCN(C)C)c2ccccc2n1. The van der Waals surface area contributed by atoms with Gasteiger partial charge in [-0.1, -0.05) is 18.2 Å². The van der Waals surface area contributed by atoms with Crippen LogP contribution in [0, 0.1) is 6.92 Å². The molecule has 3 nitrogen and oxygen atoms in total. The Morgan fingerprint density at radius 3 is 2.79 bits per heavy atom. The molecule has 2 rings (SSSR count). The number of nitrogens with one attached hydrogen (secondary N) is 1.